The highest BCUT2D eigenvalue weighted by molar-refractivity contribution is 6.62. The van der Waals surface area contributed by atoms with Gasteiger partial charge in [-0.25, -0.2) is 4.79 Å². The van der Waals surface area contributed by atoms with E-state index in [1.807, 2.05) is 67.5 Å². The monoisotopic (exact) mass is 430 g/mol. The van der Waals surface area contributed by atoms with Crippen LogP contribution in [0.5, 0.6) is 0 Å². The van der Waals surface area contributed by atoms with Gasteiger partial charge in [0.15, 0.2) is 0 Å². The number of rotatable bonds is 3. The first-order valence-electron chi connectivity index (χ1n) is 10.9. The lowest BCUT2D eigenvalue weighted by molar-refractivity contribution is 0.00578. The first kappa shape index (κ1) is 23.6. The highest BCUT2D eigenvalue weighted by Crippen LogP contribution is 2.36. The molecule has 31 heavy (non-hydrogen) atoms. The predicted octanol–water partition coefficient (Wildman–Crippen LogP) is 3.03. The van der Waals surface area contributed by atoms with E-state index in [2.05, 4.69) is 5.32 Å². The fourth-order valence-electron chi connectivity index (χ4n) is 3.64. The average Bonchev–Trinajstić information content (AvgIpc) is 3.16. The number of amides is 2. The molecule has 0 bridgehead atoms. The molecule has 7 nitrogen and oxygen atoms in total. The van der Waals surface area contributed by atoms with Crippen molar-refractivity contribution >= 4 is 24.6 Å². The van der Waals surface area contributed by atoms with E-state index < -0.39 is 23.9 Å². The summed E-state index contributed by atoms with van der Waals surface area (Å²) in [4.78, 5) is 26.8. The number of benzene rings is 1. The summed E-state index contributed by atoms with van der Waals surface area (Å²) in [5, 5.41) is 3.04. The van der Waals surface area contributed by atoms with Gasteiger partial charge in [-0.05, 0) is 79.4 Å². The van der Waals surface area contributed by atoms with Crippen molar-refractivity contribution in [3.63, 3.8) is 0 Å². The molecule has 1 N–H and O–H groups in total. The molecule has 1 aromatic carbocycles. The maximum Gasteiger partial charge on any atom is 0.495 e. The van der Waals surface area contributed by atoms with Crippen molar-refractivity contribution in [3.05, 3.63) is 29.3 Å². The third kappa shape index (κ3) is 5.23. The molecule has 8 heteroatoms. The van der Waals surface area contributed by atoms with Gasteiger partial charge in [-0.2, -0.15) is 0 Å². The summed E-state index contributed by atoms with van der Waals surface area (Å²) in [6.07, 6.45) is 0.351. The maximum atomic E-state index is 12.9. The fraction of sp³-hybridized carbons (Fsp3) is 0.652. The van der Waals surface area contributed by atoms with Crippen LogP contribution in [0, 0.1) is 6.92 Å². The van der Waals surface area contributed by atoms with Crippen molar-refractivity contribution in [1.29, 1.82) is 0 Å². The molecular weight excluding hydrogens is 395 g/mol. The van der Waals surface area contributed by atoms with Gasteiger partial charge in [0.2, 0.25) is 0 Å². The normalized spacial score (nSPS) is 22.5. The van der Waals surface area contributed by atoms with Crippen molar-refractivity contribution < 1.29 is 23.6 Å². The molecule has 0 unspecified atom stereocenters. The Morgan fingerprint density at radius 1 is 1.16 bits per heavy atom. The highest BCUT2D eigenvalue weighted by Gasteiger charge is 2.52. The summed E-state index contributed by atoms with van der Waals surface area (Å²) in [6, 6.07) is 5.45. The number of nitrogens with zero attached hydrogens (tertiary/aromatic N) is 1. The van der Waals surface area contributed by atoms with E-state index in [0.717, 1.165) is 11.0 Å². The second-order valence-corrected chi connectivity index (χ2v) is 10.5. The van der Waals surface area contributed by atoms with Crippen LogP contribution in [-0.2, 0) is 14.0 Å². The highest BCUT2D eigenvalue weighted by atomic mass is 16.7. The second kappa shape index (κ2) is 8.13. The molecule has 0 aromatic heterocycles. The van der Waals surface area contributed by atoms with E-state index in [-0.39, 0.29) is 18.0 Å². The largest absolute Gasteiger partial charge is 0.495 e. The quantitative estimate of drug-likeness (QED) is 0.746. The van der Waals surface area contributed by atoms with E-state index in [9.17, 15) is 9.59 Å². The predicted molar refractivity (Wildman–Crippen MR) is 121 cm³/mol. The zero-order chi connectivity index (χ0) is 23.2. The van der Waals surface area contributed by atoms with E-state index >= 15 is 0 Å². The molecular formula is C23H35BN2O5. The van der Waals surface area contributed by atoms with Gasteiger partial charge in [0.25, 0.3) is 5.91 Å². The molecule has 2 amide bonds. The first-order valence-corrected chi connectivity index (χ1v) is 10.9. The van der Waals surface area contributed by atoms with E-state index in [1.165, 1.54) is 0 Å². The summed E-state index contributed by atoms with van der Waals surface area (Å²) in [5.74, 6) is -0.172. The fourth-order valence-corrected chi connectivity index (χ4v) is 3.64. The number of hydrogen-bond donors (Lipinski definition) is 1. The number of hydrogen-bond acceptors (Lipinski definition) is 5. The molecule has 0 spiro atoms. The molecule has 0 aliphatic carbocycles. The Kier molecular flexibility index (Phi) is 6.19. The Bertz CT molecular complexity index is 846. The summed E-state index contributed by atoms with van der Waals surface area (Å²) in [5.41, 5.74) is 0.977. The Morgan fingerprint density at radius 3 is 2.35 bits per heavy atom. The maximum absolute atomic E-state index is 12.9. The van der Waals surface area contributed by atoms with Crippen LogP contribution >= 0.6 is 0 Å². The lowest BCUT2D eigenvalue weighted by Crippen LogP contribution is -2.41. The molecule has 170 valence electrons. The Labute approximate surface area is 185 Å². The van der Waals surface area contributed by atoms with Gasteiger partial charge in [0.1, 0.15) is 5.60 Å². The van der Waals surface area contributed by atoms with Gasteiger partial charge in [0, 0.05) is 24.7 Å². The van der Waals surface area contributed by atoms with Crippen molar-refractivity contribution in [1.82, 2.24) is 10.2 Å². The van der Waals surface area contributed by atoms with Crippen LogP contribution in [0.2, 0.25) is 0 Å². The summed E-state index contributed by atoms with van der Waals surface area (Å²) < 4.78 is 17.8. The van der Waals surface area contributed by atoms with Crippen LogP contribution in [-0.4, -0.2) is 60.0 Å². The van der Waals surface area contributed by atoms with Crippen LogP contribution in [0.1, 0.15) is 70.8 Å². The van der Waals surface area contributed by atoms with Gasteiger partial charge in [0.05, 0.1) is 11.2 Å². The zero-order valence-corrected chi connectivity index (χ0v) is 20.0. The van der Waals surface area contributed by atoms with Gasteiger partial charge in [-0.1, -0.05) is 11.6 Å². The summed E-state index contributed by atoms with van der Waals surface area (Å²) in [7, 11) is -0.521. The summed E-state index contributed by atoms with van der Waals surface area (Å²) >= 11 is 0. The minimum absolute atomic E-state index is 0.110. The van der Waals surface area contributed by atoms with Crippen molar-refractivity contribution in [2.24, 2.45) is 0 Å². The molecule has 2 heterocycles. The van der Waals surface area contributed by atoms with E-state index in [4.69, 9.17) is 14.0 Å². The molecule has 0 radical (unpaired) electrons. The molecule has 1 atom stereocenters. The standard InChI is InChI=1S/C23H35BN2O5/c1-15-9-10-16(13-18(15)24-30-22(5,6)23(7,8)31-24)19(27)25-17-11-12-26(14-17)20(28)29-21(2,3)4/h9-10,13,17H,11-12,14H2,1-8H3,(H,25,27)/t17-/m1/s1. The Hall–Kier alpha value is -2.06. The number of ether oxygens (including phenoxy) is 1. The lowest BCUT2D eigenvalue weighted by Gasteiger charge is -2.32. The average molecular weight is 430 g/mol. The summed E-state index contributed by atoms with van der Waals surface area (Å²) in [6.45, 7) is 16.6. The minimum atomic E-state index is -0.537. The van der Waals surface area contributed by atoms with Crippen LogP contribution in [0.3, 0.4) is 0 Å². The van der Waals surface area contributed by atoms with Gasteiger partial charge < -0.3 is 24.3 Å². The second-order valence-electron chi connectivity index (χ2n) is 10.5. The zero-order valence-electron chi connectivity index (χ0n) is 20.0. The number of aryl methyl sites for hydroxylation is 1. The smallest absolute Gasteiger partial charge is 0.444 e. The first-order chi connectivity index (χ1) is 14.2. The third-order valence-corrected chi connectivity index (χ3v) is 6.22. The molecule has 2 fully saturated rings. The minimum Gasteiger partial charge on any atom is -0.444 e. The van der Waals surface area contributed by atoms with Crippen molar-refractivity contribution in [2.75, 3.05) is 13.1 Å². The topological polar surface area (TPSA) is 77.1 Å². The van der Waals surface area contributed by atoms with Gasteiger partial charge in [-0.3, -0.25) is 4.79 Å². The SMILES string of the molecule is Cc1ccc(C(=O)N[C@@H]2CCN(C(=O)OC(C)(C)C)C2)cc1B1OC(C)(C)C(C)(C)O1. The van der Waals surface area contributed by atoms with Crippen molar-refractivity contribution in [2.45, 2.75) is 84.7 Å². The lowest BCUT2D eigenvalue weighted by atomic mass is 9.75. The molecule has 0 saturated carbocycles. The van der Waals surface area contributed by atoms with Crippen molar-refractivity contribution in [3.8, 4) is 0 Å². The van der Waals surface area contributed by atoms with Gasteiger partial charge >= 0.3 is 13.2 Å². The van der Waals surface area contributed by atoms with Gasteiger partial charge in [-0.15, -0.1) is 0 Å². The Morgan fingerprint density at radius 2 is 1.77 bits per heavy atom. The number of carbonyl (C=O) groups excluding carboxylic acids is 2. The Balaban J connectivity index is 1.66. The molecule has 2 aliphatic heterocycles. The number of nitrogens with one attached hydrogen (secondary N) is 1. The number of carbonyl (C=O) groups is 2. The molecule has 1 aromatic rings. The van der Waals surface area contributed by atoms with Crippen LogP contribution in [0.25, 0.3) is 0 Å². The van der Waals surface area contributed by atoms with Crippen LogP contribution < -0.4 is 10.8 Å². The van der Waals surface area contributed by atoms with E-state index in [0.29, 0.717) is 25.1 Å². The van der Waals surface area contributed by atoms with Crippen LogP contribution in [0.4, 0.5) is 4.79 Å². The van der Waals surface area contributed by atoms with Crippen LogP contribution in [0.15, 0.2) is 18.2 Å². The third-order valence-electron chi connectivity index (χ3n) is 6.22. The van der Waals surface area contributed by atoms with E-state index in [1.54, 1.807) is 11.0 Å². The molecule has 2 saturated heterocycles. The molecule has 2 aliphatic rings. The number of likely N-dealkylation sites (tertiary alicyclic amines) is 1. The molecule has 3 rings (SSSR count).